The highest BCUT2D eigenvalue weighted by molar-refractivity contribution is 5.98. The molecule has 0 aromatic carbocycles. The molecule has 0 saturated heterocycles. The molecule has 0 bridgehead atoms. The Morgan fingerprint density at radius 3 is 2.43 bits per heavy atom. The SMILES string of the molecule is CCCC/C(=C/C(=O)O)C(=O)NCC. The number of likely N-dealkylation sites (N-methyl/N-ethyl adjacent to an activating group) is 1. The number of carboxylic acids is 1. The molecule has 4 nitrogen and oxygen atoms in total. The number of hydrogen-bond donors (Lipinski definition) is 2. The molecule has 1 amide bonds. The average Bonchev–Trinajstić information content (AvgIpc) is 2.12. The summed E-state index contributed by atoms with van der Waals surface area (Å²) in [6.07, 6.45) is 3.28. The second-order valence-electron chi connectivity index (χ2n) is 2.97. The minimum atomic E-state index is -1.07. The quantitative estimate of drug-likeness (QED) is 0.634. The van der Waals surface area contributed by atoms with Crippen LogP contribution in [0.25, 0.3) is 0 Å². The third-order valence-corrected chi connectivity index (χ3v) is 1.73. The summed E-state index contributed by atoms with van der Waals surface area (Å²) in [7, 11) is 0. The molecule has 0 atom stereocenters. The van der Waals surface area contributed by atoms with Gasteiger partial charge >= 0.3 is 5.97 Å². The average molecular weight is 199 g/mol. The Balaban J connectivity index is 4.38. The van der Waals surface area contributed by atoms with Gasteiger partial charge in [0.1, 0.15) is 0 Å². The molecule has 14 heavy (non-hydrogen) atoms. The van der Waals surface area contributed by atoms with Crippen molar-refractivity contribution in [1.29, 1.82) is 0 Å². The fourth-order valence-electron chi connectivity index (χ4n) is 1.04. The van der Waals surface area contributed by atoms with Crippen molar-refractivity contribution in [2.45, 2.75) is 33.1 Å². The van der Waals surface area contributed by atoms with Crippen LogP contribution in [0.15, 0.2) is 11.6 Å². The molecular weight excluding hydrogens is 182 g/mol. The topological polar surface area (TPSA) is 66.4 Å². The molecule has 0 rings (SSSR count). The molecule has 4 heteroatoms. The van der Waals surface area contributed by atoms with Crippen molar-refractivity contribution in [3.8, 4) is 0 Å². The zero-order chi connectivity index (χ0) is 11.0. The number of hydrogen-bond acceptors (Lipinski definition) is 2. The van der Waals surface area contributed by atoms with Crippen molar-refractivity contribution >= 4 is 11.9 Å². The Hall–Kier alpha value is -1.32. The molecule has 0 aromatic heterocycles. The molecule has 0 aliphatic rings. The van der Waals surface area contributed by atoms with E-state index in [1.165, 1.54) is 0 Å². The lowest BCUT2D eigenvalue weighted by Gasteiger charge is -2.05. The maximum atomic E-state index is 11.3. The third-order valence-electron chi connectivity index (χ3n) is 1.73. The van der Waals surface area contributed by atoms with Gasteiger partial charge in [0, 0.05) is 18.2 Å². The van der Waals surface area contributed by atoms with Crippen LogP contribution in [-0.2, 0) is 9.59 Å². The van der Waals surface area contributed by atoms with E-state index in [0.717, 1.165) is 18.9 Å². The highest BCUT2D eigenvalue weighted by atomic mass is 16.4. The Kier molecular flexibility index (Phi) is 6.45. The number of carbonyl (C=O) groups excluding carboxylic acids is 1. The van der Waals surface area contributed by atoms with Crippen molar-refractivity contribution in [2.75, 3.05) is 6.54 Å². The molecule has 0 aliphatic heterocycles. The van der Waals surface area contributed by atoms with Gasteiger partial charge in [0.25, 0.3) is 0 Å². The van der Waals surface area contributed by atoms with Gasteiger partial charge in [0.05, 0.1) is 0 Å². The van der Waals surface area contributed by atoms with Crippen LogP contribution in [0.2, 0.25) is 0 Å². The van der Waals surface area contributed by atoms with Gasteiger partial charge in [-0.2, -0.15) is 0 Å². The third kappa shape index (κ3) is 5.35. The Bertz CT molecular complexity index is 234. The molecular formula is C10H17NO3. The number of carbonyl (C=O) groups is 2. The van der Waals surface area contributed by atoms with E-state index in [4.69, 9.17) is 5.11 Å². The highest BCUT2D eigenvalue weighted by Gasteiger charge is 2.09. The van der Waals surface area contributed by atoms with E-state index >= 15 is 0 Å². The van der Waals surface area contributed by atoms with E-state index in [0.29, 0.717) is 18.5 Å². The van der Waals surface area contributed by atoms with Crippen LogP contribution in [0, 0.1) is 0 Å². The lowest BCUT2D eigenvalue weighted by molar-refractivity contribution is -0.132. The summed E-state index contributed by atoms with van der Waals surface area (Å²) in [5.74, 6) is -1.34. The first-order chi connectivity index (χ1) is 6.61. The van der Waals surface area contributed by atoms with E-state index in [2.05, 4.69) is 5.32 Å². The molecule has 0 fully saturated rings. The van der Waals surface area contributed by atoms with Crippen molar-refractivity contribution in [3.05, 3.63) is 11.6 Å². The van der Waals surface area contributed by atoms with Crippen LogP contribution < -0.4 is 5.32 Å². The van der Waals surface area contributed by atoms with Gasteiger partial charge in [-0.05, 0) is 19.8 Å². The molecule has 0 unspecified atom stereocenters. The lowest BCUT2D eigenvalue weighted by Crippen LogP contribution is -2.25. The highest BCUT2D eigenvalue weighted by Crippen LogP contribution is 2.07. The maximum Gasteiger partial charge on any atom is 0.328 e. The van der Waals surface area contributed by atoms with E-state index in [9.17, 15) is 9.59 Å². The Labute approximate surface area is 84.0 Å². The second kappa shape index (κ2) is 7.12. The normalized spacial score (nSPS) is 11.1. The summed E-state index contributed by atoms with van der Waals surface area (Å²) < 4.78 is 0. The fourth-order valence-corrected chi connectivity index (χ4v) is 1.04. The summed E-state index contributed by atoms with van der Waals surface area (Å²) in [5.41, 5.74) is 0.348. The summed E-state index contributed by atoms with van der Waals surface area (Å²) >= 11 is 0. The molecule has 80 valence electrons. The molecule has 0 spiro atoms. The van der Waals surface area contributed by atoms with Crippen molar-refractivity contribution in [3.63, 3.8) is 0 Å². The van der Waals surface area contributed by atoms with E-state index in [-0.39, 0.29) is 5.91 Å². The van der Waals surface area contributed by atoms with Crippen molar-refractivity contribution in [1.82, 2.24) is 5.32 Å². The molecule has 0 heterocycles. The van der Waals surface area contributed by atoms with E-state index in [1.807, 2.05) is 6.92 Å². The number of carboxylic acid groups (broad SMARTS) is 1. The van der Waals surface area contributed by atoms with Crippen molar-refractivity contribution in [2.24, 2.45) is 0 Å². The summed E-state index contributed by atoms with van der Waals surface area (Å²) in [6, 6.07) is 0. The van der Waals surface area contributed by atoms with Crippen molar-refractivity contribution < 1.29 is 14.7 Å². The number of amides is 1. The van der Waals surface area contributed by atoms with Gasteiger partial charge < -0.3 is 10.4 Å². The van der Waals surface area contributed by atoms with Gasteiger partial charge in [-0.15, -0.1) is 0 Å². The van der Waals surface area contributed by atoms with Gasteiger partial charge in [0.2, 0.25) is 5.91 Å². The zero-order valence-electron chi connectivity index (χ0n) is 8.67. The fraction of sp³-hybridized carbons (Fsp3) is 0.600. The number of rotatable bonds is 6. The first kappa shape index (κ1) is 12.7. The van der Waals surface area contributed by atoms with Gasteiger partial charge in [-0.3, -0.25) is 4.79 Å². The number of nitrogens with one attached hydrogen (secondary N) is 1. The van der Waals surface area contributed by atoms with Crippen LogP contribution in [0.4, 0.5) is 0 Å². The van der Waals surface area contributed by atoms with E-state index < -0.39 is 5.97 Å². The Morgan fingerprint density at radius 1 is 1.36 bits per heavy atom. The van der Waals surface area contributed by atoms with Crippen LogP contribution in [0.3, 0.4) is 0 Å². The van der Waals surface area contributed by atoms with Crippen LogP contribution >= 0.6 is 0 Å². The molecule has 0 aliphatic carbocycles. The smallest absolute Gasteiger partial charge is 0.328 e. The molecule has 0 aromatic rings. The van der Waals surface area contributed by atoms with E-state index in [1.54, 1.807) is 6.92 Å². The van der Waals surface area contributed by atoms with Crippen LogP contribution in [-0.4, -0.2) is 23.5 Å². The van der Waals surface area contributed by atoms with Crippen LogP contribution in [0.1, 0.15) is 33.1 Å². The minimum absolute atomic E-state index is 0.275. The molecule has 2 N–H and O–H groups in total. The van der Waals surface area contributed by atoms with Gasteiger partial charge in [-0.25, -0.2) is 4.79 Å². The second-order valence-corrected chi connectivity index (χ2v) is 2.97. The van der Waals surface area contributed by atoms with Crippen LogP contribution in [0.5, 0.6) is 0 Å². The standard InChI is InChI=1S/C10H17NO3/c1-3-5-6-8(7-9(12)13)10(14)11-4-2/h7H,3-6H2,1-2H3,(H,11,14)(H,12,13)/b8-7-. The molecule has 0 radical (unpaired) electrons. The minimum Gasteiger partial charge on any atom is -0.478 e. The maximum absolute atomic E-state index is 11.3. The summed E-state index contributed by atoms with van der Waals surface area (Å²) in [5, 5.41) is 11.1. The van der Waals surface area contributed by atoms with Gasteiger partial charge in [0.15, 0.2) is 0 Å². The molecule has 0 saturated carbocycles. The predicted molar refractivity (Wildman–Crippen MR) is 53.9 cm³/mol. The van der Waals surface area contributed by atoms with Gasteiger partial charge in [-0.1, -0.05) is 13.3 Å². The predicted octanol–water partition coefficient (Wildman–Crippen LogP) is 1.32. The number of aliphatic carboxylic acids is 1. The summed E-state index contributed by atoms with van der Waals surface area (Å²) in [6.45, 7) is 4.31. The Morgan fingerprint density at radius 2 is 2.00 bits per heavy atom. The monoisotopic (exact) mass is 199 g/mol. The largest absolute Gasteiger partial charge is 0.478 e. The lowest BCUT2D eigenvalue weighted by atomic mass is 10.1. The first-order valence-electron chi connectivity index (χ1n) is 4.83. The summed E-state index contributed by atoms with van der Waals surface area (Å²) in [4.78, 5) is 21.8. The first-order valence-corrected chi connectivity index (χ1v) is 4.83. The zero-order valence-corrected chi connectivity index (χ0v) is 8.67. The number of unbranched alkanes of at least 4 members (excludes halogenated alkanes) is 1.